The molecule has 0 aromatic carbocycles. The Balaban J connectivity index is 3.67. The van der Waals surface area contributed by atoms with Crippen molar-refractivity contribution in [2.24, 2.45) is 0 Å². The number of amides is 1. The standard InChI is InChI=1S/C67H113NO3/c1-3-5-7-9-11-13-15-17-19-21-23-25-27-29-31-32-33-34-35-36-37-39-41-43-45-47-49-51-53-55-57-59-61-63-67(71)68-65(64-69)66(70)62-60-58-56-54-52-50-48-46-44-42-40-38-30-28-26-24-22-20-18-16-14-12-10-8-6-4-2/h5,7,11,13,17,19,23,25,29,31,33-34,36-37,41,43,47,49,53,55,60,62,65-66,69-70H,3-4,6,8-10,12,14-16,18,20-22,24,26-28,30,32,35,38-40,42,44-46,48,50-52,54,56-59,61,63-64H2,1-2H3,(H,68,71)/b7-5-,13-11-,19-17-,25-23-,31-29-,34-33-,37-36-,43-41-,49-47-,55-53-,62-60+. The van der Waals surface area contributed by atoms with E-state index in [9.17, 15) is 15.0 Å². The first kappa shape index (κ1) is 67.5. The number of aliphatic hydroxyl groups is 2. The van der Waals surface area contributed by atoms with Crippen molar-refractivity contribution in [2.75, 3.05) is 6.61 Å². The molecule has 0 fully saturated rings. The molecule has 0 radical (unpaired) electrons. The summed E-state index contributed by atoms with van der Waals surface area (Å²) in [6.07, 6.45) is 94.8. The molecule has 0 spiro atoms. The van der Waals surface area contributed by atoms with Gasteiger partial charge >= 0.3 is 0 Å². The average Bonchev–Trinajstić information content (AvgIpc) is 3.37. The molecule has 0 aromatic heterocycles. The predicted octanol–water partition coefficient (Wildman–Crippen LogP) is 20.2. The molecule has 0 bridgehead atoms. The summed E-state index contributed by atoms with van der Waals surface area (Å²) >= 11 is 0. The molecular weight excluding hydrogens is 867 g/mol. The van der Waals surface area contributed by atoms with Gasteiger partial charge in [-0.25, -0.2) is 0 Å². The maximum atomic E-state index is 12.5. The summed E-state index contributed by atoms with van der Waals surface area (Å²) in [6, 6.07) is -0.657. The van der Waals surface area contributed by atoms with E-state index in [4.69, 9.17) is 0 Å². The van der Waals surface area contributed by atoms with E-state index in [1.807, 2.05) is 6.08 Å². The van der Waals surface area contributed by atoms with Gasteiger partial charge < -0.3 is 15.5 Å². The Kier molecular flexibility index (Phi) is 57.9. The second-order valence-electron chi connectivity index (χ2n) is 19.7. The van der Waals surface area contributed by atoms with E-state index in [0.29, 0.717) is 6.42 Å². The summed E-state index contributed by atoms with van der Waals surface area (Å²) in [4.78, 5) is 12.5. The van der Waals surface area contributed by atoms with Crippen LogP contribution in [-0.2, 0) is 4.79 Å². The van der Waals surface area contributed by atoms with Crippen LogP contribution in [0.1, 0.15) is 264 Å². The molecule has 0 aliphatic heterocycles. The highest BCUT2D eigenvalue weighted by Crippen LogP contribution is 2.16. The molecule has 71 heavy (non-hydrogen) atoms. The van der Waals surface area contributed by atoms with Crippen LogP contribution in [0.25, 0.3) is 0 Å². The fourth-order valence-electron chi connectivity index (χ4n) is 8.38. The van der Waals surface area contributed by atoms with Gasteiger partial charge in [0.1, 0.15) is 0 Å². The smallest absolute Gasteiger partial charge is 0.220 e. The van der Waals surface area contributed by atoms with Gasteiger partial charge in [0.2, 0.25) is 5.91 Å². The van der Waals surface area contributed by atoms with Gasteiger partial charge in [-0.05, 0) is 96.3 Å². The van der Waals surface area contributed by atoms with Crippen LogP contribution in [0.15, 0.2) is 134 Å². The van der Waals surface area contributed by atoms with Crippen LogP contribution < -0.4 is 5.32 Å². The monoisotopic (exact) mass is 980 g/mol. The molecule has 4 nitrogen and oxygen atoms in total. The molecule has 1 amide bonds. The lowest BCUT2D eigenvalue weighted by Crippen LogP contribution is -2.45. The molecule has 0 aromatic rings. The van der Waals surface area contributed by atoms with E-state index < -0.39 is 12.1 Å². The molecule has 404 valence electrons. The molecular formula is C67H113NO3. The number of unbranched alkanes of at least 4 members (excludes halogenated alkanes) is 26. The molecule has 0 aliphatic carbocycles. The van der Waals surface area contributed by atoms with E-state index in [0.717, 1.165) is 96.3 Å². The normalized spacial score (nSPS) is 13.8. The summed E-state index contributed by atoms with van der Waals surface area (Å²) in [5, 5.41) is 23.2. The first-order chi connectivity index (χ1) is 35.2. The van der Waals surface area contributed by atoms with Crippen molar-refractivity contribution >= 4 is 5.91 Å². The second-order valence-corrected chi connectivity index (χ2v) is 19.7. The molecule has 0 saturated heterocycles. The Morgan fingerprint density at radius 1 is 0.352 bits per heavy atom. The quantitative estimate of drug-likeness (QED) is 0.0420. The van der Waals surface area contributed by atoms with Crippen LogP contribution >= 0.6 is 0 Å². The minimum absolute atomic E-state index is 0.109. The number of carbonyl (C=O) groups is 1. The zero-order chi connectivity index (χ0) is 51.3. The molecule has 2 unspecified atom stereocenters. The Morgan fingerprint density at radius 3 is 0.930 bits per heavy atom. The van der Waals surface area contributed by atoms with Crippen molar-refractivity contribution in [3.05, 3.63) is 134 Å². The van der Waals surface area contributed by atoms with Crippen molar-refractivity contribution < 1.29 is 15.0 Å². The SMILES string of the molecule is CC/C=C\C/C=C\C/C=C\C/C=C\C/C=C\C/C=C\C/C=C\C/C=C\C/C=C\C/C=C\CCCCC(=O)NC(CO)C(O)/C=C/CCCCCCCCCCCCCCCCCCCCCCCCCC. The van der Waals surface area contributed by atoms with Crippen molar-refractivity contribution in [3.8, 4) is 0 Å². The minimum atomic E-state index is -0.869. The lowest BCUT2D eigenvalue weighted by Gasteiger charge is -2.19. The minimum Gasteiger partial charge on any atom is -0.394 e. The second kappa shape index (κ2) is 60.8. The van der Waals surface area contributed by atoms with Gasteiger partial charge in [0.05, 0.1) is 18.8 Å². The van der Waals surface area contributed by atoms with Crippen LogP contribution in [0, 0.1) is 0 Å². The lowest BCUT2D eigenvalue weighted by atomic mass is 10.0. The van der Waals surface area contributed by atoms with E-state index in [1.165, 1.54) is 148 Å². The van der Waals surface area contributed by atoms with Crippen molar-refractivity contribution in [3.63, 3.8) is 0 Å². The Hall–Kier alpha value is -3.47. The first-order valence-electron chi connectivity index (χ1n) is 29.9. The summed E-state index contributed by atoms with van der Waals surface area (Å²) in [5.74, 6) is -0.109. The van der Waals surface area contributed by atoms with Gasteiger partial charge in [-0.15, -0.1) is 0 Å². The number of allylic oxidation sites excluding steroid dienone is 21. The zero-order valence-electron chi connectivity index (χ0n) is 46.4. The third kappa shape index (κ3) is 57.3. The lowest BCUT2D eigenvalue weighted by molar-refractivity contribution is -0.123. The predicted molar refractivity (Wildman–Crippen MR) is 317 cm³/mol. The average molecular weight is 981 g/mol. The van der Waals surface area contributed by atoms with Gasteiger partial charge in [-0.3, -0.25) is 4.79 Å². The molecule has 4 heteroatoms. The molecule has 0 rings (SSSR count). The van der Waals surface area contributed by atoms with E-state index >= 15 is 0 Å². The maximum absolute atomic E-state index is 12.5. The largest absolute Gasteiger partial charge is 0.394 e. The van der Waals surface area contributed by atoms with Crippen molar-refractivity contribution in [1.29, 1.82) is 0 Å². The summed E-state index contributed by atoms with van der Waals surface area (Å²) in [7, 11) is 0. The van der Waals surface area contributed by atoms with Gasteiger partial charge in [0.15, 0.2) is 0 Å². The number of aliphatic hydroxyl groups excluding tert-OH is 2. The first-order valence-corrected chi connectivity index (χ1v) is 29.9. The molecule has 2 atom stereocenters. The number of rotatable bonds is 53. The Labute approximate surface area is 441 Å². The number of carbonyl (C=O) groups excluding carboxylic acids is 1. The fourth-order valence-corrected chi connectivity index (χ4v) is 8.38. The summed E-state index contributed by atoms with van der Waals surface area (Å²) in [6.45, 7) is 4.19. The number of hydrogen-bond acceptors (Lipinski definition) is 3. The Bertz CT molecular complexity index is 1440. The number of hydrogen-bond donors (Lipinski definition) is 3. The molecule has 3 N–H and O–H groups in total. The highest BCUT2D eigenvalue weighted by molar-refractivity contribution is 5.76. The van der Waals surface area contributed by atoms with E-state index in [2.05, 4.69) is 141 Å². The van der Waals surface area contributed by atoms with Gasteiger partial charge in [-0.2, -0.15) is 0 Å². The topological polar surface area (TPSA) is 69.6 Å². The Morgan fingerprint density at radius 2 is 0.620 bits per heavy atom. The third-order valence-electron chi connectivity index (χ3n) is 12.9. The summed E-state index contributed by atoms with van der Waals surface area (Å²) < 4.78 is 0. The highest BCUT2D eigenvalue weighted by atomic mass is 16.3. The van der Waals surface area contributed by atoms with Crippen LogP contribution in [0.3, 0.4) is 0 Å². The van der Waals surface area contributed by atoms with Crippen molar-refractivity contribution in [1.82, 2.24) is 5.32 Å². The van der Waals surface area contributed by atoms with Crippen LogP contribution in [0.5, 0.6) is 0 Å². The van der Waals surface area contributed by atoms with E-state index in [-0.39, 0.29) is 12.5 Å². The van der Waals surface area contributed by atoms with Gasteiger partial charge in [0.25, 0.3) is 0 Å². The van der Waals surface area contributed by atoms with Crippen LogP contribution in [-0.4, -0.2) is 34.9 Å². The maximum Gasteiger partial charge on any atom is 0.220 e. The van der Waals surface area contributed by atoms with Crippen LogP contribution in [0.2, 0.25) is 0 Å². The zero-order valence-corrected chi connectivity index (χ0v) is 46.4. The van der Waals surface area contributed by atoms with Crippen LogP contribution in [0.4, 0.5) is 0 Å². The summed E-state index contributed by atoms with van der Waals surface area (Å²) in [5.41, 5.74) is 0. The van der Waals surface area contributed by atoms with E-state index in [1.54, 1.807) is 6.08 Å². The highest BCUT2D eigenvalue weighted by Gasteiger charge is 2.17. The van der Waals surface area contributed by atoms with Gasteiger partial charge in [-0.1, -0.05) is 295 Å². The molecule has 0 heterocycles. The van der Waals surface area contributed by atoms with Crippen molar-refractivity contribution in [2.45, 2.75) is 276 Å². The number of nitrogens with one attached hydrogen (secondary N) is 1. The third-order valence-corrected chi connectivity index (χ3v) is 12.9. The van der Waals surface area contributed by atoms with Gasteiger partial charge in [0, 0.05) is 6.42 Å². The molecule has 0 saturated carbocycles. The fraction of sp³-hybridized carbons (Fsp3) is 0.657. The molecule has 0 aliphatic rings.